The summed E-state index contributed by atoms with van der Waals surface area (Å²) in [5.41, 5.74) is 2.82. The Kier molecular flexibility index (Phi) is 5.13. The summed E-state index contributed by atoms with van der Waals surface area (Å²) in [6, 6.07) is 13.7. The van der Waals surface area contributed by atoms with E-state index in [1.54, 1.807) is 12.1 Å². The van der Waals surface area contributed by atoms with Crippen molar-refractivity contribution in [3.63, 3.8) is 0 Å². The zero-order valence-electron chi connectivity index (χ0n) is 10.9. The molecule has 0 radical (unpaired) electrons. The molecule has 0 aliphatic heterocycles. The predicted octanol–water partition coefficient (Wildman–Crippen LogP) is 3.42. The predicted molar refractivity (Wildman–Crippen MR) is 77.9 cm³/mol. The fourth-order valence-electron chi connectivity index (χ4n) is 1.87. The van der Waals surface area contributed by atoms with E-state index in [1.165, 1.54) is 12.1 Å². The van der Waals surface area contributed by atoms with Crippen LogP contribution >= 0.6 is 11.6 Å². The van der Waals surface area contributed by atoms with Crippen molar-refractivity contribution in [3.8, 4) is 0 Å². The summed E-state index contributed by atoms with van der Waals surface area (Å²) in [7, 11) is 0. The van der Waals surface area contributed by atoms with Gasteiger partial charge < -0.3 is 5.32 Å². The number of benzene rings is 2. The van der Waals surface area contributed by atoms with Crippen LogP contribution in [-0.2, 0) is 23.6 Å². The molecule has 2 rings (SSSR count). The van der Waals surface area contributed by atoms with Crippen molar-refractivity contribution in [3.05, 3.63) is 71.0 Å². The van der Waals surface area contributed by atoms with E-state index in [0.717, 1.165) is 16.7 Å². The maximum atomic E-state index is 12.8. The van der Waals surface area contributed by atoms with Crippen LogP contribution in [-0.4, -0.2) is 5.91 Å². The Labute approximate surface area is 122 Å². The van der Waals surface area contributed by atoms with E-state index in [-0.39, 0.29) is 18.1 Å². The van der Waals surface area contributed by atoms with Crippen LogP contribution in [0, 0.1) is 5.82 Å². The lowest BCUT2D eigenvalue weighted by Crippen LogP contribution is -2.24. The van der Waals surface area contributed by atoms with Crippen molar-refractivity contribution in [2.45, 2.75) is 18.8 Å². The van der Waals surface area contributed by atoms with E-state index >= 15 is 0 Å². The molecule has 0 fully saturated rings. The first-order valence-corrected chi connectivity index (χ1v) is 6.86. The zero-order chi connectivity index (χ0) is 14.4. The van der Waals surface area contributed by atoms with Crippen molar-refractivity contribution >= 4 is 17.5 Å². The average Bonchev–Trinajstić information content (AvgIpc) is 2.48. The smallest absolute Gasteiger partial charge is 0.224 e. The Morgan fingerprint density at radius 1 is 1.05 bits per heavy atom. The molecule has 0 unspecified atom stereocenters. The van der Waals surface area contributed by atoms with Gasteiger partial charge in [-0.15, -0.1) is 11.6 Å². The summed E-state index contributed by atoms with van der Waals surface area (Å²) >= 11 is 5.76. The molecule has 0 aliphatic carbocycles. The number of rotatable bonds is 5. The molecule has 1 N–H and O–H groups in total. The van der Waals surface area contributed by atoms with Crippen LogP contribution in [0.4, 0.5) is 4.39 Å². The highest BCUT2D eigenvalue weighted by atomic mass is 35.5. The van der Waals surface area contributed by atoms with Gasteiger partial charge in [0, 0.05) is 12.4 Å². The molecule has 0 spiro atoms. The molecule has 0 atom stereocenters. The van der Waals surface area contributed by atoms with E-state index < -0.39 is 0 Å². The number of nitrogens with one attached hydrogen (secondary N) is 1. The normalized spacial score (nSPS) is 10.3. The molecule has 2 aromatic rings. The lowest BCUT2D eigenvalue weighted by Gasteiger charge is -2.06. The van der Waals surface area contributed by atoms with E-state index in [9.17, 15) is 9.18 Å². The Hall–Kier alpha value is -1.87. The molecule has 1 amide bonds. The molecule has 2 aromatic carbocycles. The Balaban J connectivity index is 1.87. The largest absolute Gasteiger partial charge is 0.352 e. The van der Waals surface area contributed by atoms with Gasteiger partial charge in [-0.1, -0.05) is 36.4 Å². The number of carbonyl (C=O) groups excluding carboxylic acids is 1. The Morgan fingerprint density at radius 2 is 1.75 bits per heavy atom. The molecule has 0 saturated carbocycles. The van der Waals surface area contributed by atoms with Crippen LogP contribution in [0.25, 0.3) is 0 Å². The molecule has 0 heterocycles. The van der Waals surface area contributed by atoms with Crippen LogP contribution in [0.2, 0.25) is 0 Å². The van der Waals surface area contributed by atoms with Gasteiger partial charge in [0.15, 0.2) is 0 Å². The number of hydrogen-bond acceptors (Lipinski definition) is 1. The molecular formula is C16H15ClFNO. The summed E-state index contributed by atoms with van der Waals surface area (Å²) in [5, 5.41) is 2.84. The highest BCUT2D eigenvalue weighted by Gasteiger charge is 2.04. The quantitative estimate of drug-likeness (QED) is 0.840. The number of amides is 1. The third-order valence-corrected chi connectivity index (χ3v) is 3.22. The van der Waals surface area contributed by atoms with Gasteiger partial charge in [0.05, 0.1) is 6.42 Å². The summed E-state index contributed by atoms with van der Waals surface area (Å²) in [4.78, 5) is 11.8. The Bertz CT molecular complexity index is 583. The number of carbonyl (C=O) groups is 1. The molecule has 104 valence electrons. The number of hydrogen-bond donors (Lipinski definition) is 1. The van der Waals surface area contributed by atoms with Crippen LogP contribution < -0.4 is 5.32 Å². The first-order chi connectivity index (χ1) is 9.67. The van der Waals surface area contributed by atoms with E-state index in [1.807, 2.05) is 24.3 Å². The molecule has 0 aromatic heterocycles. The second-order valence-electron chi connectivity index (χ2n) is 4.53. The molecule has 20 heavy (non-hydrogen) atoms. The minimum Gasteiger partial charge on any atom is -0.352 e. The summed E-state index contributed by atoms with van der Waals surface area (Å²) < 4.78 is 12.8. The number of alkyl halides is 1. The monoisotopic (exact) mass is 291 g/mol. The molecular weight excluding hydrogens is 277 g/mol. The fourth-order valence-corrected chi connectivity index (χ4v) is 2.04. The molecule has 4 heteroatoms. The van der Waals surface area contributed by atoms with Crippen molar-refractivity contribution < 1.29 is 9.18 Å². The van der Waals surface area contributed by atoms with Crippen LogP contribution in [0.3, 0.4) is 0 Å². The first kappa shape index (κ1) is 14.5. The highest BCUT2D eigenvalue weighted by molar-refractivity contribution is 6.17. The maximum absolute atomic E-state index is 12.8. The van der Waals surface area contributed by atoms with Gasteiger partial charge in [-0.2, -0.15) is 0 Å². The van der Waals surface area contributed by atoms with Gasteiger partial charge in [-0.05, 0) is 28.8 Å². The van der Waals surface area contributed by atoms with Crippen LogP contribution in [0.5, 0.6) is 0 Å². The summed E-state index contributed by atoms with van der Waals surface area (Å²) in [6.45, 7) is 0.463. The molecule has 0 saturated heterocycles. The van der Waals surface area contributed by atoms with Gasteiger partial charge in [0.1, 0.15) is 5.82 Å². The molecule has 0 aliphatic rings. The average molecular weight is 292 g/mol. The fraction of sp³-hybridized carbons (Fsp3) is 0.188. The lowest BCUT2D eigenvalue weighted by molar-refractivity contribution is -0.120. The van der Waals surface area contributed by atoms with Gasteiger partial charge in [0.2, 0.25) is 5.91 Å². The van der Waals surface area contributed by atoms with Crippen molar-refractivity contribution in [1.82, 2.24) is 5.32 Å². The highest BCUT2D eigenvalue weighted by Crippen LogP contribution is 2.08. The van der Waals surface area contributed by atoms with E-state index in [4.69, 9.17) is 11.6 Å². The van der Waals surface area contributed by atoms with Crippen LogP contribution in [0.15, 0.2) is 48.5 Å². The summed E-state index contributed by atoms with van der Waals surface area (Å²) in [5.74, 6) is 0.0668. The van der Waals surface area contributed by atoms with Crippen LogP contribution in [0.1, 0.15) is 16.7 Å². The third-order valence-electron chi connectivity index (χ3n) is 2.91. The van der Waals surface area contributed by atoms with Gasteiger partial charge in [-0.3, -0.25) is 4.79 Å². The molecule has 0 bridgehead atoms. The third kappa shape index (κ3) is 4.35. The number of halogens is 2. The van der Waals surface area contributed by atoms with Crippen molar-refractivity contribution in [1.29, 1.82) is 0 Å². The van der Waals surface area contributed by atoms with E-state index in [0.29, 0.717) is 12.4 Å². The second-order valence-corrected chi connectivity index (χ2v) is 4.80. The van der Waals surface area contributed by atoms with Crippen molar-refractivity contribution in [2.75, 3.05) is 0 Å². The van der Waals surface area contributed by atoms with Gasteiger partial charge in [-0.25, -0.2) is 4.39 Å². The van der Waals surface area contributed by atoms with E-state index in [2.05, 4.69) is 5.32 Å². The van der Waals surface area contributed by atoms with Gasteiger partial charge in [0.25, 0.3) is 0 Å². The maximum Gasteiger partial charge on any atom is 0.224 e. The molecule has 2 nitrogen and oxygen atoms in total. The first-order valence-electron chi connectivity index (χ1n) is 6.32. The minimum absolute atomic E-state index is 0.0899. The second kappa shape index (κ2) is 7.06. The topological polar surface area (TPSA) is 29.1 Å². The standard InChI is InChI=1S/C16H15ClFNO/c17-10-13-2-1-3-14(8-13)11-19-16(20)9-12-4-6-15(18)7-5-12/h1-8H,9-11H2,(H,19,20). The minimum atomic E-state index is -0.299. The van der Waals surface area contributed by atoms with Crippen molar-refractivity contribution in [2.24, 2.45) is 0 Å². The SMILES string of the molecule is O=C(Cc1ccc(F)cc1)NCc1cccc(CCl)c1. The zero-order valence-corrected chi connectivity index (χ0v) is 11.7. The lowest BCUT2D eigenvalue weighted by atomic mass is 10.1. The van der Waals surface area contributed by atoms with Gasteiger partial charge >= 0.3 is 0 Å². The Morgan fingerprint density at radius 3 is 2.45 bits per heavy atom. The summed E-state index contributed by atoms with van der Waals surface area (Å²) in [6.07, 6.45) is 0.246.